The van der Waals surface area contributed by atoms with Gasteiger partial charge in [0.25, 0.3) is 0 Å². The predicted octanol–water partition coefficient (Wildman–Crippen LogP) is 9.78. The molecule has 0 bridgehead atoms. The van der Waals surface area contributed by atoms with Gasteiger partial charge in [0.05, 0.1) is 0 Å². The quantitative estimate of drug-likeness (QED) is 0.223. The first kappa shape index (κ1) is 17.1. The van der Waals surface area contributed by atoms with E-state index < -0.39 is 6.51 Å². The second-order valence-corrected chi connectivity index (χ2v) is 39.7. The Morgan fingerprint density at radius 1 is 0.378 bits per heavy atom. The topological polar surface area (TPSA) is 0 Å². The molecular formula is C36H30Fe. The van der Waals surface area contributed by atoms with Crippen LogP contribution in [0.2, 0.25) is 47.2 Å². The molecule has 4 aromatic carbocycles. The SMILES string of the molecule is c1ccc(C(c2ccccc2)[C]23[CH]4[CH]5[CH]6[CH]2[Fe]56432789[CH]3[CH]2[CH]7[C]8(C(c2ccccc2)c2ccccc2)[CH]39)cc1. The first-order chi connectivity index (χ1) is 18.1. The number of benzene rings is 4. The van der Waals surface area contributed by atoms with E-state index >= 15 is 0 Å². The van der Waals surface area contributed by atoms with E-state index in [1.165, 1.54) is 38.5 Å². The molecule has 10 fully saturated rings. The summed E-state index contributed by atoms with van der Waals surface area (Å²) in [6.07, 6.45) is 0. The van der Waals surface area contributed by atoms with Gasteiger partial charge in [-0.15, -0.1) is 0 Å². The molecule has 10 saturated heterocycles. The Kier molecular flexibility index (Phi) is 1.19. The average molecular weight is 518 g/mol. The fraction of sp³-hybridized carbons (Fsp3) is 0.333. The van der Waals surface area contributed by atoms with Crippen LogP contribution in [0.25, 0.3) is 0 Å². The van der Waals surface area contributed by atoms with Crippen LogP contribution in [-0.4, -0.2) is 0 Å². The number of hydrogen-bond donors (Lipinski definition) is 0. The van der Waals surface area contributed by atoms with E-state index in [1.54, 1.807) is 22.3 Å². The van der Waals surface area contributed by atoms with Crippen LogP contribution in [0.1, 0.15) is 34.1 Å². The molecule has 1 heteroatoms. The molecule has 0 aliphatic carbocycles. The third kappa shape index (κ3) is 0.410. The Bertz CT molecular complexity index is 1900. The second kappa shape index (κ2) is 2.59. The molecule has 10 heterocycles. The van der Waals surface area contributed by atoms with E-state index in [4.69, 9.17) is 0 Å². The Morgan fingerprint density at radius 3 is 0.838 bits per heavy atom. The van der Waals surface area contributed by atoms with Gasteiger partial charge in [-0.1, -0.05) is 0 Å². The van der Waals surface area contributed by atoms with E-state index in [0.717, 1.165) is 8.63 Å². The van der Waals surface area contributed by atoms with Crippen LogP contribution in [0.3, 0.4) is 0 Å². The van der Waals surface area contributed by atoms with Gasteiger partial charge >= 0.3 is 209 Å². The van der Waals surface area contributed by atoms with Crippen molar-refractivity contribution in [3.05, 3.63) is 144 Å². The van der Waals surface area contributed by atoms with Crippen LogP contribution >= 0.6 is 0 Å². The van der Waals surface area contributed by atoms with Gasteiger partial charge in [0.15, 0.2) is 0 Å². The molecule has 1 spiro atoms. The molecule has 182 valence electrons. The van der Waals surface area contributed by atoms with Gasteiger partial charge < -0.3 is 0 Å². The van der Waals surface area contributed by atoms with Crippen LogP contribution in [-0.2, 0) is 6.51 Å². The molecule has 0 aromatic heterocycles. The maximum absolute atomic E-state index is 3.87. The first-order valence-corrected chi connectivity index (χ1v) is 20.7. The fourth-order valence-corrected chi connectivity index (χ4v) is 100. The van der Waals surface area contributed by atoms with Gasteiger partial charge in [-0.05, 0) is 0 Å². The molecule has 8 atom stereocenters. The van der Waals surface area contributed by atoms with Crippen LogP contribution < -0.4 is 0 Å². The summed E-state index contributed by atoms with van der Waals surface area (Å²) in [5, 5.41) is 0. The van der Waals surface area contributed by atoms with Crippen molar-refractivity contribution in [2.24, 2.45) is 0 Å². The molecule has 0 nitrogen and oxygen atoms in total. The second-order valence-electron chi connectivity index (χ2n) is 16.4. The summed E-state index contributed by atoms with van der Waals surface area (Å²) in [4.78, 5) is 9.82. The van der Waals surface area contributed by atoms with Gasteiger partial charge in [0.2, 0.25) is 0 Å². The summed E-state index contributed by atoms with van der Waals surface area (Å²) >= 11 is 0. The van der Waals surface area contributed by atoms with E-state index in [-0.39, 0.29) is 0 Å². The van der Waals surface area contributed by atoms with Crippen molar-refractivity contribution in [2.45, 2.75) is 59.0 Å². The molecular weight excluding hydrogens is 488 g/mol. The van der Waals surface area contributed by atoms with E-state index in [2.05, 4.69) is 121 Å². The Morgan fingerprint density at radius 2 is 0.622 bits per heavy atom. The predicted molar refractivity (Wildman–Crippen MR) is 145 cm³/mol. The summed E-state index contributed by atoms with van der Waals surface area (Å²) in [5.41, 5.74) is 6.58. The van der Waals surface area contributed by atoms with Gasteiger partial charge in [-0.25, -0.2) is 0 Å². The zero-order chi connectivity index (χ0) is 23.5. The van der Waals surface area contributed by atoms with Gasteiger partial charge in [0.1, 0.15) is 0 Å². The minimum atomic E-state index is -3.87. The molecule has 0 amide bonds. The Labute approximate surface area is 208 Å². The van der Waals surface area contributed by atoms with Crippen LogP contribution in [0, 0.1) is 0 Å². The zero-order valence-electron chi connectivity index (χ0n) is 20.7. The molecule has 4 aromatic rings. The van der Waals surface area contributed by atoms with Crippen molar-refractivity contribution in [1.29, 1.82) is 0 Å². The summed E-state index contributed by atoms with van der Waals surface area (Å²) in [5.74, 6) is 1.32. The normalized spacial score (nSPS) is 63.1. The van der Waals surface area contributed by atoms with Crippen LogP contribution in [0.4, 0.5) is 0 Å². The van der Waals surface area contributed by atoms with Crippen molar-refractivity contribution in [2.75, 3.05) is 0 Å². The van der Waals surface area contributed by atoms with Crippen molar-refractivity contribution in [3.63, 3.8) is 0 Å². The summed E-state index contributed by atoms with van der Waals surface area (Å²) in [6, 6.07) is 47.5. The molecule has 14 rings (SSSR count). The summed E-state index contributed by atoms with van der Waals surface area (Å²) in [6.45, 7) is -3.87. The third-order valence-corrected chi connectivity index (χ3v) is 63.8. The molecule has 37 heavy (non-hydrogen) atoms. The van der Waals surface area contributed by atoms with E-state index in [1.807, 2.05) is 0 Å². The zero-order valence-corrected chi connectivity index (χ0v) is 21.8. The van der Waals surface area contributed by atoms with Crippen LogP contribution in [0.15, 0.2) is 121 Å². The third-order valence-electron chi connectivity index (χ3n) is 20.4. The van der Waals surface area contributed by atoms with Crippen molar-refractivity contribution >= 4 is 0 Å². The molecule has 10 aliphatic rings. The van der Waals surface area contributed by atoms with E-state index in [9.17, 15) is 0 Å². The first-order valence-electron chi connectivity index (χ1n) is 14.5. The van der Waals surface area contributed by atoms with Crippen molar-refractivity contribution in [1.82, 2.24) is 0 Å². The van der Waals surface area contributed by atoms with Crippen molar-refractivity contribution in [3.8, 4) is 0 Å². The van der Waals surface area contributed by atoms with Gasteiger partial charge in [0, 0.05) is 0 Å². The van der Waals surface area contributed by atoms with Gasteiger partial charge in [-0.3, -0.25) is 0 Å². The monoisotopic (exact) mass is 518 g/mol. The van der Waals surface area contributed by atoms with Crippen molar-refractivity contribution < 1.29 is 6.51 Å². The maximum atomic E-state index is 2.50. The number of hydrogen-bond acceptors (Lipinski definition) is 0. The van der Waals surface area contributed by atoms with Gasteiger partial charge in [-0.2, -0.15) is 0 Å². The molecule has 0 radical (unpaired) electrons. The standard InChI is InChI=1S/2C18H15.Fe/c2*1-3-9-15(10-4-1)18(17-13-7-8-14-17)16-11-5-2-6-12-16;/h2*1-14,18H;. The molecule has 10 aliphatic heterocycles. The molecule has 0 saturated carbocycles. The Hall–Kier alpha value is -2.60. The molecule has 0 N–H and O–H groups in total. The fourth-order valence-electron chi connectivity index (χ4n) is 22.5. The summed E-state index contributed by atoms with van der Waals surface area (Å²) in [7, 11) is 0. The minimum absolute atomic E-state index is 0.660. The number of rotatable bonds is 6. The van der Waals surface area contributed by atoms with Crippen LogP contribution in [0.5, 0.6) is 0 Å². The average Bonchev–Trinajstić information content (AvgIpc) is 3.92. The number of fused-ring (bicyclic) bond motifs is 10. The molecule has 8 unspecified atom stereocenters. The van der Waals surface area contributed by atoms with E-state index in [0.29, 0.717) is 11.8 Å². The Balaban J connectivity index is 1.12. The summed E-state index contributed by atoms with van der Waals surface area (Å²) < 4.78 is 1.44.